The van der Waals surface area contributed by atoms with Crippen molar-refractivity contribution in [2.75, 3.05) is 34.5 Å². The number of nitrogens with zero attached hydrogens (tertiary/aromatic N) is 4. The quantitative estimate of drug-likeness (QED) is 0.389. The highest BCUT2D eigenvalue weighted by atomic mass is 16.5. The van der Waals surface area contributed by atoms with E-state index in [1.54, 1.807) is 61.2 Å². The number of rotatable bonds is 9. The number of hydrogen-bond donors (Lipinski definition) is 1. The van der Waals surface area contributed by atoms with Gasteiger partial charge in [-0.25, -0.2) is 0 Å². The van der Waals surface area contributed by atoms with E-state index >= 15 is 0 Å². The number of ether oxygens (including phenoxy) is 4. The van der Waals surface area contributed by atoms with E-state index in [4.69, 9.17) is 18.9 Å². The molecule has 10 heteroatoms. The van der Waals surface area contributed by atoms with E-state index in [0.717, 1.165) is 0 Å². The van der Waals surface area contributed by atoms with Gasteiger partial charge in [0.05, 0.1) is 39.0 Å². The molecular formula is C23H23N5O5. The van der Waals surface area contributed by atoms with Crippen LogP contribution in [0.4, 0.5) is 0 Å². The predicted molar refractivity (Wildman–Crippen MR) is 120 cm³/mol. The summed E-state index contributed by atoms with van der Waals surface area (Å²) in [7, 11) is 4.69. The maximum absolute atomic E-state index is 12.4. The largest absolute Gasteiger partial charge is 0.497 e. The number of methoxy groups -OCH3 is 3. The summed E-state index contributed by atoms with van der Waals surface area (Å²) in [5.74, 6) is 2.37. The molecule has 1 amide bonds. The molecule has 10 nitrogen and oxygen atoms in total. The van der Waals surface area contributed by atoms with Crippen LogP contribution in [0.1, 0.15) is 10.4 Å². The minimum Gasteiger partial charge on any atom is -0.497 e. The number of fused-ring (bicyclic) bond motifs is 1. The third-order valence-electron chi connectivity index (χ3n) is 4.88. The number of nitrogens with one attached hydrogen (secondary N) is 1. The molecule has 2 heterocycles. The van der Waals surface area contributed by atoms with Crippen molar-refractivity contribution in [1.82, 2.24) is 25.1 Å². The molecule has 0 saturated carbocycles. The van der Waals surface area contributed by atoms with Gasteiger partial charge in [-0.1, -0.05) is 12.1 Å². The molecule has 2 aromatic carbocycles. The summed E-state index contributed by atoms with van der Waals surface area (Å²) >= 11 is 0. The van der Waals surface area contributed by atoms with Crippen LogP contribution in [-0.4, -0.2) is 60.2 Å². The number of benzene rings is 2. The van der Waals surface area contributed by atoms with E-state index in [0.29, 0.717) is 45.7 Å². The van der Waals surface area contributed by atoms with Crippen LogP contribution in [0.2, 0.25) is 0 Å². The summed E-state index contributed by atoms with van der Waals surface area (Å²) < 4.78 is 23.3. The highest BCUT2D eigenvalue weighted by molar-refractivity contribution is 5.96. The lowest BCUT2D eigenvalue weighted by Gasteiger charge is -2.10. The van der Waals surface area contributed by atoms with Crippen LogP contribution in [0, 0.1) is 0 Å². The van der Waals surface area contributed by atoms with Crippen molar-refractivity contribution in [3.8, 4) is 34.5 Å². The van der Waals surface area contributed by atoms with Gasteiger partial charge in [0.1, 0.15) is 23.9 Å². The highest BCUT2D eigenvalue weighted by Crippen LogP contribution is 2.32. The SMILES string of the molecule is COc1ccc(-c2nnc3ccc(OCCNC(=O)c4ccccc4OC)nn23)c(OC)c1. The molecule has 0 aliphatic heterocycles. The first-order chi connectivity index (χ1) is 16.1. The molecule has 0 fully saturated rings. The second kappa shape index (κ2) is 9.86. The molecule has 2 aromatic heterocycles. The van der Waals surface area contributed by atoms with Crippen LogP contribution in [-0.2, 0) is 0 Å². The summed E-state index contributed by atoms with van der Waals surface area (Å²) in [5.41, 5.74) is 1.72. The zero-order chi connectivity index (χ0) is 23.2. The van der Waals surface area contributed by atoms with Crippen LogP contribution in [0.25, 0.3) is 17.0 Å². The van der Waals surface area contributed by atoms with Crippen LogP contribution in [0.5, 0.6) is 23.1 Å². The van der Waals surface area contributed by atoms with Gasteiger partial charge in [0.15, 0.2) is 11.5 Å². The molecule has 0 bridgehead atoms. The summed E-state index contributed by atoms with van der Waals surface area (Å²) in [5, 5.41) is 15.7. The maximum Gasteiger partial charge on any atom is 0.255 e. The van der Waals surface area contributed by atoms with Crippen LogP contribution >= 0.6 is 0 Å². The van der Waals surface area contributed by atoms with E-state index in [9.17, 15) is 4.79 Å². The van der Waals surface area contributed by atoms with Gasteiger partial charge in [0.2, 0.25) is 5.88 Å². The summed E-state index contributed by atoms with van der Waals surface area (Å²) in [6.07, 6.45) is 0. The van der Waals surface area contributed by atoms with E-state index in [1.165, 1.54) is 7.11 Å². The van der Waals surface area contributed by atoms with Crippen molar-refractivity contribution in [1.29, 1.82) is 0 Å². The Bertz CT molecular complexity index is 1270. The fraction of sp³-hybridized carbons (Fsp3) is 0.217. The van der Waals surface area contributed by atoms with Gasteiger partial charge in [-0.2, -0.15) is 4.52 Å². The molecule has 0 spiro atoms. The lowest BCUT2D eigenvalue weighted by atomic mass is 10.2. The Hall–Kier alpha value is -4.34. The topological polar surface area (TPSA) is 109 Å². The third-order valence-corrected chi connectivity index (χ3v) is 4.88. The fourth-order valence-electron chi connectivity index (χ4n) is 3.25. The van der Waals surface area contributed by atoms with Crippen molar-refractivity contribution in [2.24, 2.45) is 0 Å². The van der Waals surface area contributed by atoms with Crippen molar-refractivity contribution in [3.05, 3.63) is 60.2 Å². The van der Waals surface area contributed by atoms with E-state index < -0.39 is 0 Å². The first-order valence-corrected chi connectivity index (χ1v) is 10.1. The van der Waals surface area contributed by atoms with Crippen molar-refractivity contribution >= 4 is 11.6 Å². The van der Waals surface area contributed by atoms with E-state index in [2.05, 4.69) is 20.6 Å². The molecule has 4 aromatic rings. The molecule has 0 aliphatic carbocycles. The average molecular weight is 449 g/mol. The number of aromatic nitrogens is 4. The smallest absolute Gasteiger partial charge is 0.255 e. The molecular weight excluding hydrogens is 426 g/mol. The Kier molecular flexibility index (Phi) is 6.53. The van der Waals surface area contributed by atoms with Gasteiger partial charge < -0.3 is 24.3 Å². The Morgan fingerprint density at radius 1 is 0.939 bits per heavy atom. The number of hydrogen-bond acceptors (Lipinski definition) is 8. The lowest BCUT2D eigenvalue weighted by Crippen LogP contribution is -2.28. The second-order valence-corrected chi connectivity index (χ2v) is 6.84. The Labute approximate surface area is 190 Å². The number of carbonyl (C=O) groups excluding carboxylic acids is 1. The predicted octanol–water partition coefficient (Wildman–Crippen LogP) is 2.63. The number of para-hydroxylation sites is 1. The summed E-state index contributed by atoms with van der Waals surface area (Å²) in [4.78, 5) is 12.4. The molecule has 4 rings (SSSR count). The Morgan fingerprint density at radius 3 is 2.55 bits per heavy atom. The van der Waals surface area contributed by atoms with Gasteiger partial charge in [-0.15, -0.1) is 15.3 Å². The monoisotopic (exact) mass is 449 g/mol. The van der Waals surface area contributed by atoms with E-state index in [1.807, 2.05) is 12.1 Å². The minimum absolute atomic E-state index is 0.225. The van der Waals surface area contributed by atoms with Gasteiger partial charge in [0.25, 0.3) is 5.91 Å². The first kappa shape index (κ1) is 21.9. The molecule has 33 heavy (non-hydrogen) atoms. The van der Waals surface area contributed by atoms with Crippen LogP contribution in [0.15, 0.2) is 54.6 Å². The molecule has 170 valence electrons. The zero-order valence-corrected chi connectivity index (χ0v) is 18.4. The Morgan fingerprint density at radius 2 is 1.76 bits per heavy atom. The molecule has 1 N–H and O–H groups in total. The third kappa shape index (κ3) is 4.64. The first-order valence-electron chi connectivity index (χ1n) is 10.1. The van der Waals surface area contributed by atoms with Gasteiger partial charge >= 0.3 is 0 Å². The number of amides is 1. The fourth-order valence-corrected chi connectivity index (χ4v) is 3.25. The molecule has 0 unspecified atom stereocenters. The Balaban J connectivity index is 1.45. The molecule has 0 aliphatic rings. The van der Waals surface area contributed by atoms with Gasteiger partial charge in [-0.3, -0.25) is 4.79 Å². The summed E-state index contributed by atoms with van der Waals surface area (Å²) in [6, 6.07) is 15.9. The second-order valence-electron chi connectivity index (χ2n) is 6.84. The van der Waals surface area contributed by atoms with Crippen LogP contribution < -0.4 is 24.3 Å². The summed E-state index contributed by atoms with van der Waals surface area (Å²) in [6.45, 7) is 0.515. The van der Waals surface area contributed by atoms with E-state index in [-0.39, 0.29) is 19.1 Å². The van der Waals surface area contributed by atoms with Crippen molar-refractivity contribution in [3.63, 3.8) is 0 Å². The maximum atomic E-state index is 12.4. The van der Waals surface area contributed by atoms with Crippen LogP contribution in [0.3, 0.4) is 0 Å². The lowest BCUT2D eigenvalue weighted by molar-refractivity contribution is 0.0943. The molecule has 0 saturated heterocycles. The molecule has 0 radical (unpaired) electrons. The standard InChI is InChI=1S/C23H23N5O5/c1-30-15-8-9-16(19(14-15)32-3)22-26-25-20-10-11-21(27-28(20)22)33-13-12-24-23(29)17-6-4-5-7-18(17)31-2/h4-11,14H,12-13H2,1-3H3,(H,24,29). The van der Waals surface area contributed by atoms with Crippen molar-refractivity contribution < 1.29 is 23.7 Å². The molecule has 0 atom stereocenters. The van der Waals surface area contributed by atoms with Crippen molar-refractivity contribution in [2.45, 2.75) is 0 Å². The average Bonchev–Trinajstić information content (AvgIpc) is 3.29. The normalized spacial score (nSPS) is 10.6. The van der Waals surface area contributed by atoms with Gasteiger partial charge in [-0.05, 0) is 30.3 Å². The highest BCUT2D eigenvalue weighted by Gasteiger charge is 2.16. The van der Waals surface area contributed by atoms with Gasteiger partial charge in [0, 0.05) is 12.1 Å². The minimum atomic E-state index is -0.243. The zero-order valence-electron chi connectivity index (χ0n) is 18.4. The number of carbonyl (C=O) groups is 1.